The number of hydrogen-bond acceptors (Lipinski definition) is 4. The molecule has 0 spiro atoms. The van der Waals surface area contributed by atoms with Crippen LogP contribution in [-0.2, 0) is 22.4 Å². The molecule has 2 amide bonds. The van der Waals surface area contributed by atoms with Gasteiger partial charge >= 0.3 is 0 Å². The van der Waals surface area contributed by atoms with Crippen LogP contribution in [0.4, 0.5) is 0 Å². The molecule has 26 heavy (non-hydrogen) atoms. The number of carbonyl (C=O) groups is 2. The van der Waals surface area contributed by atoms with Crippen LogP contribution in [-0.4, -0.2) is 24.2 Å². The third kappa shape index (κ3) is 8.01. The number of hydrazone groups is 2. The second kappa shape index (κ2) is 11.3. The Morgan fingerprint density at radius 3 is 1.46 bits per heavy atom. The minimum atomic E-state index is -0.308. The summed E-state index contributed by atoms with van der Waals surface area (Å²) in [6.07, 6.45) is 4.64. The van der Waals surface area contributed by atoms with Crippen molar-refractivity contribution in [3.63, 3.8) is 0 Å². The summed E-state index contributed by atoms with van der Waals surface area (Å²) >= 11 is 0. The number of rotatable bonds is 9. The Morgan fingerprint density at radius 2 is 1.08 bits per heavy atom. The number of amides is 2. The fourth-order valence-corrected chi connectivity index (χ4v) is 2.10. The van der Waals surface area contributed by atoms with Crippen molar-refractivity contribution in [3.8, 4) is 0 Å². The second-order valence-electron chi connectivity index (χ2n) is 5.57. The molecule has 0 bridgehead atoms. The molecule has 2 aromatic carbocycles. The van der Waals surface area contributed by atoms with Crippen molar-refractivity contribution in [1.82, 2.24) is 10.9 Å². The SMILES string of the molecule is O=C(CCC(=O)NN=CCc1ccccc1)NN=CCc1ccccc1. The topological polar surface area (TPSA) is 82.9 Å². The van der Waals surface area contributed by atoms with Gasteiger partial charge in [-0.15, -0.1) is 0 Å². The highest BCUT2D eigenvalue weighted by Crippen LogP contribution is 1.98. The standard InChI is InChI=1S/C20H22N4O2/c25-19(23-21-15-13-17-7-3-1-4-8-17)11-12-20(26)24-22-16-14-18-9-5-2-6-10-18/h1-10,15-16H,11-14H2,(H,23,25)(H,24,26). The van der Waals surface area contributed by atoms with Gasteiger partial charge in [0, 0.05) is 38.1 Å². The highest BCUT2D eigenvalue weighted by molar-refractivity contribution is 5.84. The summed E-state index contributed by atoms with van der Waals surface area (Å²) in [5.74, 6) is -0.615. The van der Waals surface area contributed by atoms with Crippen molar-refractivity contribution in [3.05, 3.63) is 71.8 Å². The van der Waals surface area contributed by atoms with E-state index in [0.29, 0.717) is 12.8 Å². The van der Waals surface area contributed by atoms with Crippen molar-refractivity contribution in [2.24, 2.45) is 10.2 Å². The van der Waals surface area contributed by atoms with E-state index in [4.69, 9.17) is 0 Å². The van der Waals surface area contributed by atoms with E-state index in [1.165, 1.54) is 0 Å². The highest BCUT2D eigenvalue weighted by Gasteiger charge is 2.05. The van der Waals surface area contributed by atoms with Crippen LogP contribution >= 0.6 is 0 Å². The number of nitrogens with zero attached hydrogens (tertiary/aromatic N) is 2. The molecule has 0 aliphatic rings. The average Bonchev–Trinajstić information content (AvgIpc) is 2.68. The molecule has 2 rings (SSSR count). The lowest BCUT2D eigenvalue weighted by atomic mass is 10.2. The van der Waals surface area contributed by atoms with Crippen LogP contribution in [0.1, 0.15) is 24.0 Å². The predicted octanol–water partition coefficient (Wildman–Crippen LogP) is 2.46. The fourth-order valence-electron chi connectivity index (χ4n) is 2.10. The zero-order valence-corrected chi connectivity index (χ0v) is 14.5. The Kier molecular flexibility index (Phi) is 8.28. The minimum Gasteiger partial charge on any atom is -0.273 e. The smallest absolute Gasteiger partial charge is 0.240 e. The first-order valence-electron chi connectivity index (χ1n) is 8.42. The van der Waals surface area contributed by atoms with Gasteiger partial charge in [0.2, 0.25) is 11.8 Å². The van der Waals surface area contributed by atoms with Crippen LogP contribution in [0.15, 0.2) is 70.9 Å². The lowest BCUT2D eigenvalue weighted by Gasteiger charge is -2.00. The predicted molar refractivity (Wildman–Crippen MR) is 103 cm³/mol. The van der Waals surface area contributed by atoms with Gasteiger partial charge in [0.15, 0.2) is 0 Å². The van der Waals surface area contributed by atoms with Crippen molar-refractivity contribution in [1.29, 1.82) is 0 Å². The Bertz CT molecular complexity index is 677. The van der Waals surface area contributed by atoms with E-state index in [1.54, 1.807) is 12.4 Å². The van der Waals surface area contributed by atoms with E-state index < -0.39 is 0 Å². The molecule has 6 nitrogen and oxygen atoms in total. The third-order valence-corrected chi connectivity index (χ3v) is 3.48. The maximum atomic E-state index is 11.6. The molecular formula is C20H22N4O2. The molecule has 0 aliphatic carbocycles. The quantitative estimate of drug-likeness (QED) is 0.538. The first-order valence-corrected chi connectivity index (χ1v) is 8.42. The highest BCUT2D eigenvalue weighted by atomic mass is 16.2. The first kappa shape index (κ1) is 19.1. The summed E-state index contributed by atoms with van der Waals surface area (Å²) in [5, 5.41) is 7.74. The molecular weight excluding hydrogens is 328 g/mol. The van der Waals surface area contributed by atoms with E-state index in [2.05, 4.69) is 21.1 Å². The Hall–Kier alpha value is -3.28. The summed E-state index contributed by atoms with van der Waals surface area (Å²) in [6.45, 7) is 0. The normalized spacial score (nSPS) is 10.9. The molecule has 0 saturated carbocycles. The van der Waals surface area contributed by atoms with Gasteiger partial charge in [0.25, 0.3) is 0 Å². The van der Waals surface area contributed by atoms with Crippen molar-refractivity contribution in [2.45, 2.75) is 25.7 Å². The van der Waals surface area contributed by atoms with Crippen LogP contribution in [0.5, 0.6) is 0 Å². The molecule has 6 heteroatoms. The summed E-state index contributed by atoms with van der Waals surface area (Å²) in [5.41, 5.74) is 7.04. The van der Waals surface area contributed by atoms with Gasteiger partial charge in [-0.2, -0.15) is 10.2 Å². The van der Waals surface area contributed by atoms with Crippen LogP contribution in [0, 0.1) is 0 Å². The summed E-state index contributed by atoms with van der Waals surface area (Å²) < 4.78 is 0. The van der Waals surface area contributed by atoms with Crippen LogP contribution in [0.3, 0.4) is 0 Å². The maximum Gasteiger partial charge on any atom is 0.240 e. The van der Waals surface area contributed by atoms with Gasteiger partial charge in [-0.25, -0.2) is 10.9 Å². The molecule has 0 radical (unpaired) electrons. The van der Waals surface area contributed by atoms with E-state index in [1.807, 2.05) is 60.7 Å². The Morgan fingerprint density at radius 1 is 0.692 bits per heavy atom. The molecule has 0 heterocycles. The van der Waals surface area contributed by atoms with Gasteiger partial charge < -0.3 is 0 Å². The number of nitrogens with one attached hydrogen (secondary N) is 2. The third-order valence-electron chi connectivity index (χ3n) is 3.48. The molecule has 0 unspecified atom stereocenters. The van der Waals surface area contributed by atoms with Crippen LogP contribution < -0.4 is 10.9 Å². The van der Waals surface area contributed by atoms with Gasteiger partial charge in [0.1, 0.15) is 0 Å². The lowest BCUT2D eigenvalue weighted by molar-refractivity contribution is -0.126. The summed E-state index contributed by atoms with van der Waals surface area (Å²) in [7, 11) is 0. The molecule has 0 aromatic heterocycles. The largest absolute Gasteiger partial charge is 0.273 e. The minimum absolute atomic E-state index is 0.0582. The van der Waals surface area contributed by atoms with Crippen molar-refractivity contribution in [2.75, 3.05) is 0 Å². The Labute approximate surface area is 153 Å². The molecule has 0 aliphatic heterocycles. The Balaban J connectivity index is 1.57. The molecule has 2 N–H and O–H groups in total. The van der Waals surface area contributed by atoms with Gasteiger partial charge in [-0.05, 0) is 11.1 Å². The van der Waals surface area contributed by atoms with Gasteiger partial charge in [-0.1, -0.05) is 60.7 Å². The first-order chi connectivity index (χ1) is 12.7. The maximum absolute atomic E-state index is 11.6. The lowest BCUT2D eigenvalue weighted by Crippen LogP contribution is -2.22. The average molecular weight is 350 g/mol. The van der Waals surface area contributed by atoms with E-state index in [0.717, 1.165) is 11.1 Å². The summed E-state index contributed by atoms with van der Waals surface area (Å²) in [6, 6.07) is 19.6. The van der Waals surface area contributed by atoms with Gasteiger partial charge in [-0.3, -0.25) is 9.59 Å². The molecule has 0 saturated heterocycles. The van der Waals surface area contributed by atoms with Crippen molar-refractivity contribution >= 4 is 24.2 Å². The molecule has 0 atom stereocenters. The second-order valence-corrected chi connectivity index (χ2v) is 5.57. The molecule has 2 aromatic rings. The molecule has 134 valence electrons. The zero-order chi connectivity index (χ0) is 18.5. The number of carbonyl (C=O) groups excluding carboxylic acids is 2. The van der Waals surface area contributed by atoms with Crippen LogP contribution in [0.25, 0.3) is 0 Å². The van der Waals surface area contributed by atoms with Crippen LogP contribution in [0.2, 0.25) is 0 Å². The van der Waals surface area contributed by atoms with E-state index in [-0.39, 0.29) is 24.7 Å². The zero-order valence-electron chi connectivity index (χ0n) is 14.5. The molecule has 0 fully saturated rings. The van der Waals surface area contributed by atoms with Crippen molar-refractivity contribution < 1.29 is 9.59 Å². The van der Waals surface area contributed by atoms with Gasteiger partial charge in [0.05, 0.1) is 0 Å². The number of hydrogen-bond donors (Lipinski definition) is 2. The number of benzene rings is 2. The summed E-state index contributed by atoms with van der Waals surface area (Å²) in [4.78, 5) is 23.3. The fraction of sp³-hybridized carbons (Fsp3) is 0.200. The monoisotopic (exact) mass is 350 g/mol. The van der Waals surface area contributed by atoms with E-state index in [9.17, 15) is 9.59 Å². The van der Waals surface area contributed by atoms with E-state index >= 15 is 0 Å².